The third kappa shape index (κ3) is 4.31. The molecule has 2 N–H and O–H groups in total. The zero-order chi connectivity index (χ0) is 35.2. The molecule has 11 heteroatoms. The van der Waals surface area contributed by atoms with E-state index in [1.165, 1.54) is 65.7 Å². The molecule has 0 radical (unpaired) electrons. The van der Waals surface area contributed by atoms with Gasteiger partial charge in [-0.1, -0.05) is 16.5 Å². The van der Waals surface area contributed by atoms with Crippen LogP contribution in [0.15, 0.2) is 55.4 Å². The Morgan fingerprint density at radius 3 is 2.49 bits per heavy atom. The molecule has 2 aliphatic rings. The Labute approximate surface area is 228 Å². The van der Waals surface area contributed by atoms with E-state index in [4.69, 9.17) is 20.8 Å². The SMILES string of the molecule is [2H]C([2H])([2H])n1cc(C2C=c3c(N4C([2H])([2H])C([2H])([2H])N(c5ncc([C@](C)(N)c6ccc(F)cc6)cn5)C([2H])([2H])C4([2H])[2H])ncn[n+]3=C2)cn1. The Balaban J connectivity index is 1.41. The Bertz CT molecular complexity index is 1970. The number of hydrogen-bond donors (Lipinski definition) is 1. The molecule has 1 fully saturated rings. The summed E-state index contributed by atoms with van der Waals surface area (Å²) in [6, 6.07) is 5.37. The topological polar surface area (TPSA) is 108 Å². The number of aromatic nitrogens is 7. The summed E-state index contributed by atoms with van der Waals surface area (Å²) in [7, 11) is 0. The van der Waals surface area contributed by atoms with Crippen molar-refractivity contribution in [3.63, 3.8) is 0 Å². The number of nitrogens with zero attached hydrogens (tertiary/aromatic N) is 9. The Morgan fingerprint density at radius 1 is 1.05 bits per heavy atom. The highest BCUT2D eigenvalue weighted by atomic mass is 19.1. The first-order valence-corrected chi connectivity index (χ1v) is 11.1. The van der Waals surface area contributed by atoms with Gasteiger partial charge in [-0.2, -0.15) is 5.10 Å². The van der Waals surface area contributed by atoms with E-state index >= 15 is 0 Å². The van der Waals surface area contributed by atoms with E-state index in [2.05, 4.69) is 25.1 Å². The highest BCUT2D eigenvalue weighted by Crippen LogP contribution is 2.26. The summed E-state index contributed by atoms with van der Waals surface area (Å²) < 4.78 is 110. The van der Waals surface area contributed by atoms with Gasteiger partial charge in [0.25, 0.3) is 5.35 Å². The largest absolute Gasteiger partial charge is 0.347 e. The van der Waals surface area contributed by atoms with Crippen LogP contribution in [-0.2, 0) is 12.5 Å². The molecule has 1 aromatic carbocycles. The van der Waals surface area contributed by atoms with Crippen LogP contribution in [0.1, 0.15) is 44.6 Å². The molecule has 37 heavy (non-hydrogen) atoms. The van der Waals surface area contributed by atoms with Crippen molar-refractivity contribution < 1.29 is 23.8 Å². The van der Waals surface area contributed by atoms with Gasteiger partial charge in [-0.15, -0.1) is 0 Å². The highest BCUT2D eigenvalue weighted by molar-refractivity contribution is 5.48. The average molecular weight is 511 g/mol. The van der Waals surface area contributed by atoms with Gasteiger partial charge in [0.05, 0.1) is 28.6 Å². The van der Waals surface area contributed by atoms with E-state index in [1.807, 2.05) is 0 Å². The molecule has 2 aliphatic heterocycles. The molecule has 0 spiro atoms. The number of anilines is 2. The minimum absolute atomic E-state index is 0.000520. The quantitative estimate of drug-likeness (QED) is 0.388. The van der Waals surface area contributed by atoms with Crippen molar-refractivity contribution in [2.24, 2.45) is 12.7 Å². The molecule has 0 aliphatic carbocycles. The Kier molecular flexibility index (Phi) is 3.38. The molecule has 4 aromatic rings. The van der Waals surface area contributed by atoms with Crippen LogP contribution in [0.5, 0.6) is 0 Å². The zero-order valence-corrected chi connectivity index (χ0v) is 19.4. The Hall–Kier alpha value is -4.25. The van der Waals surface area contributed by atoms with Crippen LogP contribution in [0.3, 0.4) is 0 Å². The summed E-state index contributed by atoms with van der Waals surface area (Å²) in [5.41, 5.74) is 6.41. The number of nitrogens with two attached hydrogens (primary N) is 1. The number of piperazine rings is 1. The van der Waals surface area contributed by atoms with Gasteiger partial charge in [0.1, 0.15) is 5.82 Å². The van der Waals surface area contributed by atoms with Crippen molar-refractivity contribution in [1.82, 2.24) is 29.8 Å². The molecule has 0 amide bonds. The standard InChI is InChI=1S/C26H28FN10/c1-26(28,20-3-5-22(27)6-4-20)21-13-29-25(30-14-21)36-9-7-35(8-10-36)24-23-11-18(16-37(23)33-17-31-24)19-12-32-34(2)15-19/h3-6,11-18H,7-10,28H2,1-2H3/q+1/t18?,26-/m1/s1/i2D3,7D2,8D2,9D2,10D2. The Morgan fingerprint density at radius 2 is 1.78 bits per heavy atom. The van der Waals surface area contributed by atoms with Gasteiger partial charge in [-0.25, -0.2) is 19.3 Å². The number of rotatable bonds is 5. The van der Waals surface area contributed by atoms with Gasteiger partial charge in [0, 0.05) is 78.0 Å². The maximum absolute atomic E-state index is 13.5. The second-order valence-electron chi connectivity index (χ2n) is 8.57. The van der Waals surface area contributed by atoms with E-state index in [0.717, 1.165) is 11.0 Å². The number of benzene rings is 1. The summed E-state index contributed by atoms with van der Waals surface area (Å²) in [6.07, 6.45) is 8.94. The molecule has 5 heterocycles. The third-order valence-corrected chi connectivity index (χ3v) is 6.10. The van der Waals surface area contributed by atoms with E-state index in [-0.39, 0.29) is 15.8 Å². The summed E-state index contributed by atoms with van der Waals surface area (Å²) in [5.74, 6) is -2.27. The molecular formula is C26H28FN10+. The van der Waals surface area contributed by atoms with Crippen LogP contribution >= 0.6 is 0 Å². The lowest BCUT2D eigenvalue weighted by atomic mass is 9.87. The minimum Gasteiger partial charge on any atom is -0.347 e. The summed E-state index contributed by atoms with van der Waals surface area (Å²) in [5, 5.41) is 7.96. The van der Waals surface area contributed by atoms with Crippen LogP contribution in [-0.4, -0.2) is 55.8 Å². The van der Waals surface area contributed by atoms with E-state index in [9.17, 15) is 4.39 Å². The minimum atomic E-state index is -3.34. The van der Waals surface area contributed by atoms with Crippen molar-refractivity contribution in [3.8, 4) is 0 Å². The van der Waals surface area contributed by atoms with Gasteiger partial charge in [0.15, 0.2) is 12.5 Å². The number of halogens is 1. The van der Waals surface area contributed by atoms with Gasteiger partial charge in [-0.3, -0.25) is 4.68 Å². The smallest absolute Gasteiger partial charge is 0.277 e. The molecule has 1 unspecified atom stereocenters. The van der Waals surface area contributed by atoms with Crippen molar-refractivity contribution in [2.75, 3.05) is 35.8 Å². The average Bonchev–Trinajstić information content (AvgIpc) is 3.65. The van der Waals surface area contributed by atoms with Crippen LogP contribution in [0.4, 0.5) is 16.2 Å². The molecule has 6 rings (SSSR count). The molecule has 10 nitrogen and oxygen atoms in total. The molecule has 3 aromatic heterocycles. The van der Waals surface area contributed by atoms with E-state index in [0.29, 0.717) is 16.0 Å². The first-order chi connectivity index (χ1) is 22.1. The summed E-state index contributed by atoms with van der Waals surface area (Å²) in [4.78, 5) is 12.8. The lowest BCUT2D eigenvalue weighted by Gasteiger charge is -2.35. The van der Waals surface area contributed by atoms with Gasteiger partial charge >= 0.3 is 0 Å². The number of hydrogen-bond acceptors (Lipinski definition) is 8. The molecule has 0 saturated carbocycles. The molecule has 0 bridgehead atoms. The molecule has 188 valence electrons. The third-order valence-electron chi connectivity index (χ3n) is 6.10. The number of fused-ring (bicyclic) bond motifs is 1. The molecule has 2 atom stereocenters. The maximum Gasteiger partial charge on any atom is 0.277 e. The first kappa shape index (κ1) is 13.9. The lowest BCUT2D eigenvalue weighted by Crippen LogP contribution is -2.51. The van der Waals surface area contributed by atoms with E-state index < -0.39 is 62.0 Å². The van der Waals surface area contributed by atoms with Crippen molar-refractivity contribution >= 4 is 17.8 Å². The first-order valence-electron chi connectivity index (χ1n) is 16.6. The fourth-order valence-corrected chi connectivity index (χ4v) is 3.99. The van der Waals surface area contributed by atoms with Crippen LogP contribution < -0.4 is 25.2 Å². The lowest BCUT2D eigenvalue weighted by molar-refractivity contribution is -0.589. The fraction of sp³-hybridized carbons (Fsp3) is 0.308. The zero-order valence-electron chi connectivity index (χ0n) is 30.4. The highest BCUT2D eigenvalue weighted by Gasteiger charge is 2.29. The predicted molar refractivity (Wildman–Crippen MR) is 135 cm³/mol. The second-order valence-corrected chi connectivity index (χ2v) is 8.57. The molecule has 1 saturated heterocycles. The van der Waals surface area contributed by atoms with Crippen LogP contribution in [0.25, 0.3) is 6.08 Å². The van der Waals surface area contributed by atoms with Gasteiger partial charge in [0.2, 0.25) is 11.8 Å². The van der Waals surface area contributed by atoms with Gasteiger partial charge in [-0.05, 0) is 24.6 Å². The molecular weight excluding hydrogens is 471 g/mol. The van der Waals surface area contributed by atoms with Crippen LogP contribution in [0, 0.1) is 12.0 Å². The summed E-state index contributed by atoms with van der Waals surface area (Å²) in [6.45, 7) is -14.3. The van der Waals surface area contributed by atoms with E-state index in [1.54, 1.807) is 6.92 Å². The normalized spacial score (nSPS) is 28.8. The monoisotopic (exact) mass is 510 g/mol. The predicted octanol–water partition coefficient (Wildman–Crippen LogP) is 0.563. The second kappa shape index (κ2) is 9.00. The van der Waals surface area contributed by atoms with Crippen molar-refractivity contribution in [1.29, 1.82) is 0 Å². The van der Waals surface area contributed by atoms with Crippen molar-refractivity contribution in [3.05, 3.63) is 89.5 Å². The number of aryl methyl sites for hydroxylation is 1. The van der Waals surface area contributed by atoms with Crippen LogP contribution in [0.2, 0.25) is 0 Å². The maximum atomic E-state index is 13.5. The van der Waals surface area contributed by atoms with Gasteiger partial charge < -0.3 is 15.5 Å². The fourth-order valence-electron chi connectivity index (χ4n) is 3.99. The van der Waals surface area contributed by atoms with Crippen molar-refractivity contribution in [2.45, 2.75) is 18.4 Å². The summed E-state index contributed by atoms with van der Waals surface area (Å²) >= 11 is 0.